The summed E-state index contributed by atoms with van der Waals surface area (Å²) in [6, 6.07) is 5.60. The average Bonchev–Trinajstić information content (AvgIpc) is 2.43. The Morgan fingerprint density at radius 3 is 2.95 bits per heavy atom. The zero-order chi connectivity index (χ0) is 14.5. The number of amides is 1. The first-order chi connectivity index (χ1) is 9.56. The van der Waals surface area contributed by atoms with Gasteiger partial charge in [-0.15, -0.1) is 0 Å². The van der Waals surface area contributed by atoms with Crippen LogP contribution in [-0.4, -0.2) is 38.1 Å². The third kappa shape index (κ3) is 4.20. The van der Waals surface area contributed by atoms with E-state index in [1.807, 2.05) is 37.2 Å². The summed E-state index contributed by atoms with van der Waals surface area (Å²) in [7, 11) is 3.97. The van der Waals surface area contributed by atoms with Crippen LogP contribution in [0.4, 0.5) is 5.69 Å². The fraction of sp³-hybridized carbons (Fsp3) is 0.533. The fourth-order valence-corrected chi connectivity index (χ4v) is 2.48. The molecule has 1 aliphatic rings. The molecule has 1 fully saturated rings. The number of benzene rings is 1. The molecular weight excluding hydrogens is 276 g/mol. The molecule has 1 aromatic carbocycles. The van der Waals surface area contributed by atoms with Gasteiger partial charge in [0.1, 0.15) is 0 Å². The molecule has 2 rings (SSSR count). The van der Waals surface area contributed by atoms with Crippen LogP contribution in [0.3, 0.4) is 0 Å². The molecule has 1 amide bonds. The standard InChI is InChI=1S/C15H21ClN2O2/c1-18(2)9-12-8-13(5-6-14(12)16)17-15(19)11-4-3-7-20-10-11/h5-6,8,11H,3-4,7,9-10H2,1-2H3,(H,17,19)/t11-/m1/s1. The van der Waals surface area contributed by atoms with Gasteiger partial charge in [-0.05, 0) is 50.7 Å². The minimum Gasteiger partial charge on any atom is -0.381 e. The summed E-state index contributed by atoms with van der Waals surface area (Å²) < 4.78 is 5.35. The van der Waals surface area contributed by atoms with Gasteiger partial charge in [0, 0.05) is 23.9 Å². The number of ether oxygens (including phenoxy) is 1. The highest BCUT2D eigenvalue weighted by Gasteiger charge is 2.21. The molecule has 0 saturated carbocycles. The molecule has 1 aromatic rings. The normalized spacial score (nSPS) is 19.1. The van der Waals surface area contributed by atoms with E-state index in [9.17, 15) is 4.79 Å². The van der Waals surface area contributed by atoms with Crippen molar-refractivity contribution in [2.24, 2.45) is 5.92 Å². The van der Waals surface area contributed by atoms with E-state index in [0.717, 1.165) is 42.3 Å². The second-order valence-corrected chi connectivity index (χ2v) is 5.85. The highest BCUT2D eigenvalue weighted by atomic mass is 35.5. The minimum absolute atomic E-state index is 0.0304. The van der Waals surface area contributed by atoms with Crippen molar-refractivity contribution in [3.8, 4) is 0 Å². The first kappa shape index (κ1) is 15.3. The zero-order valence-electron chi connectivity index (χ0n) is 12.0. The summed E-state index contributed by atoms with van der Waals surface area (Å²) in [5.74, 6) is -0.0143. The molecule has 1 aliphatic heterocycles. The summed E-state index contributed by atoms with van der Waals surface area (Å²) in [5.41, 5.74) is 1.80. The lowest BCUT2D eigenvalue weighted by molar-refractivity contribution is -0.123. The van der Waals surface area contributed by atoms with Gasteiger partial charge in [0.25, 0.3) is 0 Å². The molecule has 1 heterocycles. The summed E-state index contributed by atoms with van der Waals surface area (Å²) >= 11 is 6.17. The number of hydrogen-bond donors (Lipinski definition) is 1. The Morgan fingerprint density at radius 1 is 1.50 bits per heavy atom. The molecule has 1 N–H and O–H groups in total. The van der Waals surface area contributed by atoms with Crippen LogP contribution in [0.1, 0.15) is 18.4 Å². The monoisotopic (exact) mass is 296 g/mol. The Balaban J connectivity index is 2.03. The van der Waals surface area contributed by atoms with E-state index in [1.54, 1.807) is 0 Å². The lowest BCUT2D eigenvalue weighted by Crippen LogP contribution is -2.30. The molecule has 0 unspecified atom stereocenters. The van der Waals surface area contributed by atoms with Crippen molar-refractivity contribution < 1.29 is 9.53 Å². The highest BCUT2D eigenvalue weighted by molar-refractivity contribution is 6.31. The number of carbonyl (C=O) groups is 1. The van der Waals surface area contributed by atoms with Gasteiger partial charge in [-0.3, -0.25) is 4.79 Å². The molecule has 0 spiro atoms. The lowest BCUT2D eigenvalue weighted by Gasteiger charge is -2.21. The van der Waals surface area contributed by atoms with Crippen LogP contribution < -0.4 is 5.32 Å². The van der Waals surface area contributed by atoms with Gasteiger partial charge in [-0.25, -0.2) is 0 Å². The number of anilines is 1. The van der Waals surface area contributed by atoms with Gasteiger partial charge in [0.15, 0.2) is 0 Å². The SMILES string of the molecule is CN(C)Cc1cc(NC(=O)[C@@H]2CCCOC2)ccc1Cl. The Morgan fingerprint density at radius 2 is 2.30 bits per heavy atom. The topological polar surface area (TPSA) is 41.6 Å². The first-order valence-corrected chi connectivity index (χ1v) is 7.26. The zero-order valence-corrected chi connectivity index (χ0v) is 12.7. The Labute approximate surface area is 125 Å². The molecular formula is C15H21ClN2O2. The van der Waals surface area contributed by atoms with Crippen LogP contribution in [0.15, 0.2) is 18.2 Å². The number of nitrogens with one attached hydrogen (secondary N) is 1. The number of rotatable bonds is 4. The van der Waals surface area contributed by atoms with Crippen molar-refractivity contribution in [3.05, 3.63) is 28.8 Å². The molecule has 4 nitrogen and oxygen atoms in total. The van der Waals surface area contributed by atoms with E-state index in [4.69, 9.17) is 16.3 Å². The summed E-state index contributed by atoms with van der Waals surface area (Å²) in [5, 5.41) is 3.68. The number of carbonyl (C=O) groups excluding carboxylic acids is 1. The predicted octanol–water partition coefficient (Wildman–Crippen LogP) is 2.77. The van der Waals surface area contributed by atoms with Crippen LogP contribution in [0, 0.1) is 5.92 Å². The highest BCUT2D eigenvalue weighted by Crippen LogP contribution is 2.23. The Kier molecular flexibility index (Phi) is 5.40. The van der Waals surface area contributed by atoms with Gasteiger partial charge in [-0.1, -0.05) is 11.6 Å². The number of hydrogen-bond acceptors (Lipinski definition) is 3. The van der Waals surface area contributed by atoms with Gasteiger partial charge in [-0.2, -0.15) is 0 Å². The predicted molar refractivity (Wildman–Crippen MR) is 81.0 cm³/mol. The molecule has 0 bridgehead atoms. The molecule has 5 heteroatoms. The van der Waals surface area contributed by atoms with Crippen LogP contribution in [0.2, 0.25) is 5.02 Å². The van der Waals surface area contributed by atoms with Gasteiger partial charge in [0.2, 0.25) is 5.91 Å². The van der Waals surface area contributed by atoms with Gasteiger partial charge >= 0.3 is 0 Å². The molecule has 20 heavy (non-hydrogen) atoms. The van der Waals surface area contributed by atoms with Crippen molar-refractivity contribution >= 4 is 23.2 Å². The molecule has 0 aliphatic carbocycles. The maximum Gasteiger partial charge on any atom is 0.229 e. The maximum absolute atomic E-state index is 12.2. The summed E-state index contributed by atoms with van der Waals surface area (Å²) in [6.07, 6.45) is 1.84. The van der Waals surface area contributed by atoms with Crippen LogP contribution in [0.5, 0.6) is 0 Å². The fourth-order valence-electron chi connectivity index (χ4n) is 2.31. The van der Waals surface area contributed by atoms with E-state index in [-0.39, 0.29) is 11.8 Å². The van der Waals surface area contributed by atoms with E-state index < -0.39 is 0 Å². The quantitative estimate of drug-likeness (QED) is 0.929. The molecule has 1 atom stereocenters. The van der Waals surface area contributed by atoms with E-state index in [1.165, 1.54) is 0 Å². The van der Waals surface area contributed by atoms with Crippen LogP contribution >= 0.6 is 11.6 Å². The molecule has 0 radical (unpaired) electrons. The van der Waals surface area contributed by atoms with Gasteiger partial charge in [0.05, 0.1) is 12.5 Å². The summed E-state index contributed by atoms with van der Waals surface area (Å²) in [4.78, 5) is 14.2. The minimum atomic E-state index is -0.0447. The van der Waals surface area contributed by atoms with Gasteiger partial charge < -0.3 is 15.0 Å². The Bertz CT molecular complexity index is 471. The largest absolute Gasteiger partial charge is 0.381 e. The number of halogens is 1. The maximum atomic E-state index is 12.2. The van der Waals surface area contributed by atoms with E-state index >= 15 is 0 Å². The first-order valence-electron chi connectivity index (χ1n) is 6.88. The van der Waals surface area contributed by atoms with E-state index in [2.05, 4.69) is 5.32 Å². The lowest BCUT2D eigenvalue weighted by atomic mass is 10.0. The second-order valence-electron chi connectivity index (χ2n) is 5.45. The van der Waals surface area contributed by atoms with Crippen LogP contribution in [-0.2, 0) is 16.1 Å². The molecule has 110 valence electrons. The summed E-state index contributed by atoms with van der Waals surface area (Å²) in [6.45, 7) is 2.02. The van der Waals surface area contributed by atoms with E-state index in [0.29, 0.717) is 6.61 Å². The van der Waals surface area contributed by atoms with Crippen molar-refractivity contribution in [2.75, 3.05) is 32.6 Å². The molecule has 1 saturated heterocycles. The third-order valence-electron chi connectivity index (χ3n) is 3.33. The van der Waals surface area contributed by atoms with Crippen LogP contribution in [0.25, 0.3) is 0 Å². The molecule has 0 aromatic heterocycles. The Hall–Kier alpha value is -1.10. The third-order valence-corrected chi connectivity index (χ3v) is 3.70. The average molecular weight is 297 g/mol. The van der Waals surface area contributed by atoms with Crippen molar-refractivity contribution in [1.82, 2.24) is 4.90 Å². The van der Waals surface area contributed by atoms with Crippen molar-refractivity contribution in [3.63, 3.8) is 0 Å². The van der Waals surface area contributed by atoms with Crippen molar-refractivity contribution in [2.45, 2.75) is 19.4 Å². The smallest absolute Gasteiger partial charge is 0.229 e. The number of nitrogens with zero attached hydrogens (tertiary/aromatic N) is 1. The second kappa shape index (κ2) is 7.07. The van der Waals surface area contributed by atoms with Crippen molar-refractivity contribution in [1.29, 1.82) is 0 Å².